The number of nitrogens with two attached hydrogens (primary N) is 1. The predicted octanol–water partition coefficient (Wildman–Crippen LogP) is 3.07. The van der Waals surface area contributed by atoms with Gasteiger partial charge in [-0.1, -0.05) is 12.1 Å². The Labute approximate surface area is 122 Å². The number of rotatable bonds is 3. The van der Waals surface area contributed by atoms with Crippen LogP contribution in [0.4, 0.5) is 19.0 Å². The van der Waals surface area contributed by atoms with Gasteiger partial charge in [-0.05, 0) is 23.7 Å². The summed E-state index contributed by atoms with van der Waals surface area (Å²) in [5, 5.41) is -0.0156. The predicted molar refractivity (Wildman–Crippen MR) is 70.6 cm³/mol. The van der Waals surface area contributed by atoms with Crippen LogP contribution < -0.4 is 10.5 Å². The van der Waals surface area contributed by atoms with Crippen LogP contribution in [0.3, 0.4) is 0 Å². The summed E-state index contributed by atoms with van der Waals surface area (Å²) >= 11 is 5.59. The number of amidine groups is 1. The number of alkyl halides is 3. The zero-order chi connectivity index (χ0) is 15.5. The lowest BCUT2D eigenvalue weighted by Gasteiger charge is -2.09. The molecule has 2 aromatic rings. The van der Waals surface area contributed by atoms with Gasteiger partial charge in [0.2, 0.25) is 5.28 Å². The van der Waals surface area contributed by atoms with Crippen molar-refractivity contribution >= 4 is 23.3 Å². The molecular formula is C12H8ClF3N4O. The van der Waals surface area contributed by atoms with Crippen molar-refractivity contribution in [3.8, 4) is 5.75 Å². The van der Waals surface area contributed by atoms with Gasteiger partial charge in [0.05, 0.1) is 0 Å². The molecule has 0 aliphatic rings. The first-order valence-corrected chi connectivity index (χ1v) is 5.90. The summed E-state index contributed by atoms with van der Waals surface area (Å²) < 4.78 is 40.3. The fourth-order valence-corrected chi connectivity index (χ4v) is 1.57. The summed E-state index contributed by atoms with van der Waals surface area (Å²) in [6.45, 7) is 0. The molecule has 0 atom stereocenters. The molecule has 0 saturated carbocycles. The lowest BCUT2D eigenvalue weighted by molar-refractivity contribution is -0.274. The lowest BCUT2D eigenvalue weighted by atomic mass is 10.2. The second-order valence-electron chi connectivity index (χ2n) is 3.76. The zero-order valence-electron chi connectivity index (χ0n) is 10.3. The Balaban J connectivity index is 2.27. The van der Waals surface area contributed by atoms with Crippen LogP contribution in [0.2, 0.25) is 5.28 Å². The van der Waals surface area contributed by atoms with Crippen LogP contribution in [-0.2, 0) is 0 Å². The molecule has 2 rings (SSSR count). The van der Waals surface area contributed by atoms with E-state index in [2.05, 4.69) is 19.7 Å². The molecule has 9 heteroatoms. The number of ether oxygens (including phenoxy) is 1. The van der Waals surface area contributed by atoms with Crippen molar-refractivity contribution in [2.75, 3.05) is 0 Å². The van der Waals surface area contributed by atoms with Crippen molar-refractivity contribution in [1.29, 1.82) is 0 Å². The summed E-state index contributed by atoms with van der Waals surface area (Å²) in [6, 6.07) is 6.59. The third-order valence-corrected chi connectivity index (χ3v) is 2.39. The largest absolute Gasteiger partial charge is 0.573 e. The van der Waals surface area contributed by atoms with Gasteiger partial charge in [-0.25, -0.2) is 9.98 Å². The number of halogens is 4. The summed E-state index contributed by atoms with van der Waals surface area (Å²) in [7, 11) is 0. The Kier molecular flexibility index (Phi) is 4.27. The van der Waals surface area contributed by atoms with E-state index in [1.54, 1.807) is 0 Å². The van der Waals surface area contributed by atoms with E-state index in [1.807, 2.05) is 0 Å². The van der Waals surface area contributed by atoms with Gasteiger partial charge in [0.25, 0.3) is 0 Å². The van der Waals surface area contributed by atoms with Crippen molar-refractivity contribution in [2.24, 2.45) is 10.7 Å². The molecule has 1 aromatic heterocycles. The van der Waals surface area contributed by atoms with E-state index in [0.29, 0.717) is 0 Å². The van der Waals surface area contributed by atoms with Gasteiger partial charge in [0.15, 0.2) is 5.82 Å². The van der Waals surface area contributed by atoms with Gasteiger partial charge in [0.1, 0.15) is 11.6 Å². The van der Waals surface area contributed by atoms with Crippen molar-refractivity contribution in [3.63, 3.8) is 0 Å². The van der Waals surface area contributed by atoms with Gasteiger partial charge >= 0.3 is 6.36 Å². The minimum absolute atomic E-state index is 0.0156. The Morgan fingerprint density at radius 2 is 2.05 bits per heavy atom. The molecule has 5 nitrogen and oxygen atoms in total. The topological polar surface area (TPSA) is 73.4 Å². The Bertz CT molecular complexity index is 676. The molecule has 2 N–H and O–H groups in total. The second kappa shape index (κ2) is 5.96. The monoisotopic (exact) mass is 316 g/mol. The number of nitrogens with zero attached hydrogens (tertiary/aromatic N) is 3. The van der Waals surface area contributed by atoms with E-state index in [0.717, 1.165) is 12.1 Å². The molecule has 0 fully saturated rings. The fraction of sp³-hybridized carbons (Fsp3) is 0.0833. The first-order chi connectivity index (χ1) is 9.83. The molecule has 110 valence electrons. The average Bonchev–Trinajstić information content (AvgIpc) is 2.37. The van der Waals surface area contributed by atoms with E-state index >= 15 is 0 Å². The van der Waals surface area contributed by atoms with Gasteiger partial charge in [-0.15, -0.1) is 13.2 Å². The van der Waals surface area contributed by atoms with Crippen LogP contribution in [0.5, 0.6) is 5.75 Å². The highest BCUT2D eigenvalue weighted by molar-refractivity contribution is 6.28. The molecule has 0 aliphatic heterocycles. The van der Waals surface area contributed by atoms with Crippen LogP contribution in [0, 0.1) is 0 Å². The molecule has 0 bridgehead atoms. The van der Waals surface area contributed by atoms with Gasteiger partial charge in [0, 0.05) is 17.8 Å². The number of benzene rings is 1. The quantitative estimate of drug-likeness (QED) is 0.536. The zero-order valence-corrected chi connectivity index (χ0v) is 11.1. The second-order valence-corrected chi connectivity index (χ2v) is 4.09. The molecule has 0 spiro atoms. The Morgan fingerprint density at radius 3 is 2.71 bits per heavy atom. The third-order valence-electron chi connectivity index (χ3n) is 2.21. The molecule has 0 saturated heterocycles. The van der Waals surface area contributed by atoms with Crippen molar-refractivity contribution < 1.29 is 17.9 Å². The summed E-state index contributed by atoms with van der Waals surface area (Å²) in [6.07, 6.45) is -3.39. The summed E-state index contributed by atoms with van der Waals surface area (Å²) in [5.41, 5.74) is 5.98. The van der Waals surface area contributed by atoms with Gasteiger partial charge in [-0.2, -0.15) is 4.98 Å². The van der Waals surface area contributed by atoms with Gasteiger partial charge < -0.3 is 10.5 Å². The SMILES string of the molecule is NC(=Nc1ccnc(Cl)n1)c1cccc(OC(F)(F)F)c1. The molecule has 1 aromatic carbocycles. The molecule has 21 heavy (non-hydrogen) atoms. The summed E-state index contributed by atoms with van der Waals surface area (Å²) in [4.78, 5) is 11.4. The van der Waals surface area contributed by atoms with Crippen molar-refractivity contribution in [1.82, 2.24) is 9.97 Å². The van der Waals surface area contributed by atoms with Crippen LogP contribution in [0.15, 0.2) is 41.5 Å². The summed E-state index contributed by atoms with van der Waals surface area (Å²) in [5.74, 6) is -0.231. The maximum atomic E-state index is 12.2. The van der Waals surface area contributed by atoms with Crippen molar-refractivity contribution in [3.05, 3.63) is 47.4 Å². The maximum Gasteiger partial charge on any atom is 0.573 e. The van der Waals surface area contributed by atoms with Crippen LogP contribution >= 0.6 is 11.6 Å². The lowest BCUT2D eigenvalue weighted by Crippen LogP contribution is -2.18. The first-order valence-electron chi connectivity index (χ1n) is 5.52. The van der Waals surface area contributed by atoms with Crippen LogP contribution in [0.25, 0.3) is 0 Å². The minimum atomic E-state index is -4.77. The molecular weight excluding hydrogens is 309 g/mol. The normalized spacial score (nSPS) is 12.3. The fourth-order valence-electron chi connectivity index (χ4n) is 1.43. The van der Waals surface area contributed by atoms with E-state index in [4.69, 9.17) is 17.3 Å². The average molecular weight is 317 g/mol. The standard InChI is InChI=1S/C12H8ClF3N4O/c13-11-18-5-4-9(20-11)19-10(17)7-2-1-3-8(6-7)21-12(14,15)16/h1-6H,(H2,17,18,19,20). The highest BCUT2D eigenvalue weighted by Crippen LogP contribution is 2.23. The highest BCUT2D eigenvalue weighted by Gasteiger charge is 2.31. The number of hydrogen-bond donors (Lipinski definition) is 1. The number of aromatic nitrogens is 2. The Hall–Kier alpha value is -2.35. The van der Waals surface area contributed by atoms with Crippen molar-refractivity contribution in [2.45, 2.75) is 6.36 Å². The van der Waals surface area contributed by atoms with E-state index in [9.17, 15) is 13.2 Å². The molecule has 0 aliphatic carbocycles. The maximum absolute atomic E-state index is 12.2. The van der Waals surface area contributed by atoms with E-state index in [-0.39, 0.29) is 28.3 Å². The molecule has 0 radical (unpaired) electrons. The molecule has 0 unspecified atom stereocenters. The third kappa shape index (κ3) is 4.60. The van der Waals surface area contributed by atoms with Crippen LogP contribution in [0.1, 0.15) is 5.56 Å². The van der Waals surface area contributed by atoms with E-state index in [1.165, 1.54) is 24.4 Å². The molecule has 1 heterocycles. The number of hydrogen-bond acceptors (Lipinski definition) is 4. The first kappa shape index (κ1) is 15.0. The van der Waals surface area contributed by atoms with Crippen LogP contribution in [-0.4, -0.2) is 22.2 Å². The highest BCUT2D eigenvalue weighted by atomic mass is 35.5. The Morgan fingerprint density at radius 1 is 1.29 bits per heavy atom. The van der Waals surface area contributed by atoms with Gasteiger partial charge in [-0.3, -0.25) is 0 Å². The smallest absolute Gasteiger partial charge is 0.406 e. The number of aliphatic imine (C=N–C) groups is 1. The van der Waals surface area contributed by atoms with E-state index < -0.39 is 6.36 Å². The molecule has 0 amide bonds. The minimum Gasteiger partial charge on any atom is -0.406 e.